The highest BCUT2D eigenvalue weighted by Gasteiger charge is 2.24. The third-order valence-corrected chi connectivity index (χ3v) is 2.35. The van der Waals surface area contributed by atoms with E-state index < -0.39 is 0 Å². The molecule has 12 heavy (non-hydrogen) atoms. The molecule has 1 atom stereocenters. The fourth-order valence-electron chi connectivity index (χ4n) is 1.55. The van der Waals surface area contributed by atoms with Crippen LogP contribution in [0.3, 0.4) is 0 Å². The molecule has 0 spiro atoms. The number of hydrogen-bond acceptors (Lipinski definition) is 2. The molecule has 0 amide bonds. The molecule has 0 saturated heterocycles. The number of allylic oxidation sites excluding steroid dienone is 2. The maximum atomic E-state index is 4.52. The van der Waals surface area contributed by atoms with Crippen molar-refractivity contribution in [3.8, 4) is 0 Å². The molecule has 2 nitrogen and oxygen atoms in total. The third-order valence-electron chi connectivity index (χ3n) is 2.35. The monoisotopic (exact) mass is 162 g/mol. The first kappa shape index (κ1) is 7.59. The van der Waals surface area contributed by atoms with Gasteiger partial charge in [-0.3, -0.25) is 5.01 Å². The lowest BCUT2D eigenvalue weighted by atomic mass is 10.0. The summed E-state index contributed by atoms with van der Waals surface area (Å²) in [5, 5.41) is 6.57. The Labute approximate surface area is 73.3 Å². The van der Waals surface area contributed by atoms with Crippen LogP contribution in [0.4, 0.5) is 0 Å². The summed E-state index contributed by atoms with van der Waals surface area (Å²) in [4.78, 5) is 0. The van der Waals surface area contributed by atoms with E-state index in [4.69, 9.17) is 0 Å². The van der Waals surface area contributed by atoms with Crippen LogP contribution in [0.15, 0.2) is 29.5 Å². The normalized spacial score (nSPS) is 26.4. The Kier molecular flexibility index (Phi) is 1.75. The second-order valence-corrected chi connectivity index (χ2v) is 3.62. The number of rotatable bonds is 1. The molecule has 0 fully saturated rings. The highest BCUT2D eigenvalue weighted by Crippen LogP contribution is 2.22. The highest BCUT2D eigenvalue weighted by atomic mass is 15.5. The fraction of sp³-hybridized carbons (Fsp3) is 0.500. The summed E-state index contributed by atoms with van der Waals surface area (Å²) < 4.78 is 0. The number of nitrogens with zero attached hydrogens (tertiary/aromatic N) is 2. The molecule has 0 radical (unpaired) electrons. The molecule has 0 aliphatic carbocycles. The van der Waals surface area contributed by atoms with Gasteiger partial charge in [-0.25, -0.2) is 0 Å². The first-order valence-corrected chi connectivity index (χ1v) is 4.48. The zero-order valence-corrected chi connectivity index (χ0v) is 7.57. The summed E-state index contributed by atoms with van der Waals surface area (Å²) in [6.07, 6.45) is 9.47. The molecule has 0 N–H and O–H groups in total. The Morgan fingerprint density at radius 3 is 3.00 bits per heavy atom. The number of hydrazone groups is 1. The average Bonchev–Trinajstić information content (AvgIpc) is 2.46. The number of hydrogen-bond donors (Lipinski definition) is 0. The van der Waals surface area contributed by atoms with Gasteiger partial charge in [-0.2, -0.15) is 5.10 Å². The molecule has 2 rings (SSSR count). The molecule has 2 heteroatoms. The van der Waals surface area contributed by atoms with Gasteiger partial charge in [0, 0.05) is 18.3 Å². The van der Waals surface area contributed by atoms with Crippen molar-refractivity contribution in [3.63, 3.8) is 0 Å². The smallest absolute Gasteiger partial charge is 0.0755 e. The molecule has 0 aromatic rings. The predicted octanol–water partition coefficient (Wildman–Crippen LogP) is 2.16. The highest BCUT2D eigenvalue weighted by molar-refractivity contribution is 5.88. The Bertz CT molecular complexity index is 261. The van der Waals surface area contributed by atoms with Crippen molar-refractivity contribution in [1.82, 2.24) is 5.01 Å². The van der Waals surface area contributed by atoms with Crippen LogP contribution in [-0.2, 0) is 0 Å². The molecule has 0 aromatic heterocycles. The maximum absolute atomic E-state index is 4.52. The van der Waals surface area contributed by atoms with Crippen LogP contribution in [-0.4, -0.2) is 16.8 Å². The summed E-state index contributed by atoms with van der Waals surface area (Å²) in [5.41, 5.74) is 1.32. The van der Waals surface area contributed by atoms with Crippen molar-refractivity contribution in [2.75, 3.05) is 0 Å². The van der Waals surface area contributed by atoms with Gasteiger partial charge in [0.15, 0.2) is 0 Å². The van der Waals surface area contributed by atoms with Gasteiger partial charge in [0.2, 0.25) is 0 Å². The Balaban J connectivity index is 2.16. The molecule has 0 saturated carbocycles. The van der Waals surface area contributed by atoms with Crippen LogP contribution in [0.5, 0.6) is 0 Å². The van der Waals surface area contributed by atoms with Gasteiger partial charge in [-0.15, -0.1) is 0 Å². The van der Waals surface area contributed by atoms with Crippen LogP contribution in [0.2, 0.25) is 0 Å². The van der Waals surface area contributed by atoms with Gasteiger partial charge < -0.3 is 0 Å². The molecule has 0 unspecified atom stereocenters. The molecule has 0 aromatic carbocycles. The van der Waals surface area contributed by atoms with Crippen LogP contribution in [0.25, 0.3) is 0 Å². The van der Waals surface area contributed by atoms with Crippen LogP contribution >= 0.6 is 0 Å². The Morgan fingerprint density at radius 1 is 1.50 bits per heavy atom. The quantitative estimate of drug-likeness (QED) is 0.577. The first-order valence-electron chi connectivity index (χ1n) is 4.48. The first-order chi connectivity index (χ1) is 5.77. The van der Waals surface area contributed by atoms with Gasteiger partial charge in [-0.05, 0) is 12.0 Å². The van der Waals surface area contributed by atoms with E-state index in [0.717, 1.165) is 6.42 Å². The van der Waals surface area contributed by atoms with Gasteiger partial charge in [0.05, 0.1) is 6.04 Å². The van der Waals surface area contributed by atoms with E-state index in [1.807, 2.05) is 12.3 Å². The van der Waals surface area contributed by atoms with E-state index in [1.54, 1.807) is 0 Å². The van der Waals surface area contributed by atoms with Gasteiger partial charge in [0.1, 0.15) is 0 Å². The van der Waals surface area contributed by atoms with E-state index >= 15 is 0 Å². The zero-order chi connectivity index (χ0) is 8.55. The summed E-state index contributed by atoms with van der Waals surface area (Å²) >= 11 is 0. The summed E-state index contributed by atoms with van der Waals surface area (Å²) in [6, 6.07) is 0.493. The summed E-state index contributed by atoms with van der Waals surface area (Å²) in [5.74, 6) is 0.581. The van der Waals surface area contributed by atoms with Crippen molar-refractivity contribution in [1.29, 1.82) is 0 Å². The van der Waals surface area contributed by atoms with Crippen molar-refractivity contribution in [2.45, 2.75) is 26.3 Å². The summed E-state index contributed by atoms with van der Waals surface area (Å²) in [7, 11) is 0. The minimum absolute atomic E-state index is 0.493. The molecule has 64 valence electrons. The lowest BCUT2D eigenvalue weighted by Gasteiger charge is -2.17. The lowest BCUT2D eigenvalue weighted by Crippen LogP contribution is -2.20. The van der Waals surface area contributed by atoms with Crippen molar-refractivity contribution in [3.05, 3.63) is 24.4 Å². The van der Waals surface area contributed by atoms with E-state index in [-0.39, 0.29) is 0 Å². The molecule has 2 aliphatic rings. The molecular weight excluding hydrogens is 148 g/mol. The van der Waals surface area contributed by atoms with E-state index in [2.05, 4.69) is 36.1 Å². The number of fused-ring (bicyclic) bond motifs is 1. The zero-order valence-electron chi connectivity index (χ0n) is 7.57. The molecule has 0 bridgehead atoms. The average molecular weight is 162 g/mol. The Morgan fingerprint density at radius 2 is 2.33 bits per heavy atom. The Hall–Kier alpha value is -1.05. The van der Waals surface area contributed by atoms with E-state index in [9.17, 15) is 0 Å². The van der Waals surface area contributed by atoms with Crippen molar-refractivity contribution < 1.29 is 0 Å². The second kappa shape index (κ2) is 2.77. The minimum Gasteiger partial charge on any atom is -0.266 e. The maximum Gasteiger partial charge on any atom is 0.0755 e. The fourth-order valence-corrected chi connectivity index (χ4v) is 1.55. The van der Waals surface area contributed by atoms with Crippen LogP contribution < -0.4 is 0 Å². The topological polar surface area (TPSA) is 15.6 Å². The second-order valence-electron chi connectivity index (χ2n) is 3.62. The summed E-state index contributed by atoms with van der Waals surface area (Å²) in [6.45, 7) is 4.40. The van der Waals surface area contributed by atoms with Crippen molar-refractivity contribution >= 4 is 5.71 Å². The molecule has 2 aliphatic heterocycles. The van der Waals surface area contributed by atoms with Crippen LogP contribution in [0.1, 0.15) is 20.3 Å². The largest absolute Gasteiger partial charge is 0.266 e. The van der Waals surface area contributed by atoms with Crippen LogP contribution in [0, 0.1) is 5.92 Å². The third kappa shape index (κ3) is 1.17. The molecule has 2 heterocycles. The SMILES string of the molecule is CC(C)C1=NN2C=CC=C[C@H]2C1. The standard InChI is InChI=1S/C10H14N2/c1-8(2)10-7-9-5-3-4-6-12(9)11-10/h3-6,8-9H,7H2,1-2H3/t9-/m0/s1. The predicted molar refractivity (Wildman–Crippen MR) is 50.8 cm³/mol. The van der Waals surface area contributed by atoms with E-state index in [0.29, 0.717) is 12.0 Å². The minimum atomic E-state index is 0.493. The van der Waals surface area contributed by atoms with Gasteiger partial charge in [0.25, 0.3) is 0 Å². The molecular formula is C10H14N2. The van der Waals surface area contributed by atoms with E-state index in [1.165, 1.54) is 5.71 Å². The lowest BCUT2D eigenvalue weighted by molar-refractivity contribution is 0.368. The van der Waals surface area contributed by atoms with Crippen molar-refractivity contribution in [2.24, 2.45) is 11.0 Å². The van der Waals surface area contributed by atoms with Gasteiger partial charge >= 0.3 is 0 Å². The van der Waals surface area contributed by atoms with Gasteiger partial charge in [-0.1, -0.05) is 26.0 Å².